The molecule has 5 rings (SSSR count). The van der Waals surface area contributed by atoms with Crippen LogP contribution in [0.2, 0.25) is 0 Å². The molecule has 33 heavy (non-hydrogen) atoms. The van der Waals surface area contributed by atoms with Crippen molar-refractivity contribution in [2.75, 3.05) is 29.9 Å². The molecule has 0 radical (unpaired) electrons. The Labute approximate surface area is 201 Å². The van der Waals surface area contributed by atoms with Gasteiger partial charge in [-0.2, -0.15) is 0 Å². The summed E-state index contributed by atoms with van der Waals surface area (Å²) in [5, 5.41) is 9.84. The molecule has 0 bridgehead atoms. The molecule has 4 heterocycles. The Morgan fingerprint density at radius 2 is 1.88 bits per heavy atom. The number of thiophene rings is 1. The van der Waals surface area contributed by atoms with Gasteiger partial charge in [-0.3, -0.25) is 14.5 Å². The van der Waals surface area contributed by atoms with Crippen LogP contribution in [0.5, 0.6) is 0 Å². The summed E-state index contributed by atoms with van der Waals surface area (Å²) in [5.41, 5.74) is 6.09. The van der Waals surface area contributed by atoms with E-state index in [1.165, 1.54) is 10.4 Å². The number of nitrogens with zero attached hydrogens (tertiary/aromatic N) is 3. The highest BCUT2D eigenvalue weighted by Gasteiger charge is 2.24. The Kier molecular flexibility index (Phi) is 6.70. The van der Waals surface area contributed by atoms with Gasteiger partial charge < -0.3 is 15.5 Å². The van der Waals surface area contributed by atoms with E-state index >= 15 is 0 Å². The van der Waals surface area contributed by atoms with Gasteiger partial charge in [0.2, 0.25) is 0 Å². The number of hydrogen-bond acceptors (Lipinski definition) is 7. The third-order valence-electron chi connectivity index (χ3n) is 6.30. The Bertz CT molecular complexity index is 1090. The quantitative estimate of drug-likeness (QED) is 0.546. The maximum Gasteiger partial charge on any atom is 0.313 e. The van der Waals surface area contributed by atoms with Gasteiger partial charge in [-0.05, 0) is 60.5 Å². The first-order valence-electron chi connectivity index (χ1n) is 11.3. The third-order valence-corrected chi connectivity index (χ3v) is 7.95. The van der Waals surface area contributed by atoms with Crippen LogP contribution in [0.4, 0.5) is 11.4 Å². The molecule has 0 unspecified atom stereocenters. The summed E-state index contributed by atoms with van der Waals surface area (Å²) in [7, 11) is 0. The number of rotatable bonds is 5. The molecular formula is C24H27N5O2S2. The van der Waals surface area contributed by atoms with Crippen molar-refractivity contribution < 1.29 is 9.59 Å². The van der Waals surface area contributed by atoms with Gasteiger partial charge in [0.05, 0.1) is 11.2 Å². The maximum atomic E-state index is 12.4. The van der Waals surface area contributed by atoms with Crippen molar-refractivity contribution in [3.05, 3.63) is 62.7 Å². The minimum atomic E-state index is -0.617. The molecule has 2 aromatic heterocycles. The smallest absolute Gasteiger partial charge is 0.313 e. The van der Waals surface area contributed by atoms with Crippen molar-refractivity contribution in [3.8, 4) is 0 Å². The van der Waals surface area contributed by atoms with Gasteiger partial charge in [0, 0.05) is 60.4 Å². The van der Waals surface area contributed by atoms with Crippen molar-refractivity contribution in [1.29, 1.82) is 0 Å². The van der Waals surface area contributed by atoms with Gasteiger partial charge in [0.25, 0.3) is 0 Å². The fourth-order valence-corrected chi connectivity index (χ4v) is 5.88. The summed E-state index contributed by atoms with van der Waals surface area (Å²) < 4.78 is 0. The number of thiazole rings is 1. The zero-order valence-corrected chi connectivity index (χ0v) is 20.0. The van der Waals surface area contributed by atoms with Crippen LogP contribution in [0.1, 0.15) is 29.0 Å². The lowest BCUT2D eigenvalue weighted by Crippen LogP contribution is -2.47. The summed E-state index contributed by atoms with van der Waals surface area (Å²) >= 11 is 3.44. The molecule has 2 N–H and O–H groups in total. The zero-order chi connectivity index (χ0) is 22.6. The molecule has 1 aromatic carbocycles. The fraction of sp³-hybridized carbons (Fsp3) is 0.375. The predicted molar refractivity (Wildman–Crippen MR) is 133 cm³/mol. The summed E-state index contributed by atoms with van der Waals surface area (Å²) in [4.78, 5) is 35.3. The van der Waals surface area contributed by atoms with Crippen molar-refractivity contribution in [1.82, 2.24) is 15.2 Å². The lowest BCUT2D eigenvalue weighted by molar-refractivity contribution is -0.136. The average Bonchev–Trinajstić information content (AvgIpc) is 3.52. The normalized spacial score (nSPS) is 16.9. The van der Waals surface area contributed by atoms with Gasteiger partial charge >= 0.3 is 11.8 Å². The van der Waals surface area contributed by atoms with Gasteiger partial charge in [0.15, 0.2) is 0 Å². The van der Waals surface area contributed by atoms with Crippen molar-refractivity contribution in [3.63, 3.8) is 0 Å². The first-order valence-corrected chi connectivity index (χ1v) is 13.1. The molecule has 0 spiro atoms. The van der Waals surface area contributed by atoms with Gasteiger partial charge in [0.1, 0.15) is 0 Å². The summed E-state index contributed by atoms with van der Waals surface area (Å²) in [6, 6.07) is 9.95. The number of piperidine rings is 1. The highest BCUT2D eigenvalue weighted by molar-refractivity contribution is 7.10. The lowest BCUT2D eigenvalue weighted by atomic mass is 10.0. The highest BCUT2D eigenvalue weighted by atomic mass is 32.1. The number of carbonyl (C=O) groups excluding carboxylic acids is 2. The minimum absolute atomic E-state index is 0.0263. The Hall–Kier alpha value is -2.75. The lowest BCUT2D eigenvalue weighted by Gasteiger charge is -2.31. The number of amides is 2. The molecule has 2 aliphatic heterocycles. The average molecular weight is 482 g/mol. The number of anilines is 2. The molecule has 1 saturated heterocycles. The topological polar surface area (TPSA) is 77.6 Å². The van der Waals surface area contributed by atoms with Crippen molar-refractivity contribution in [2.24, 2.45) is 0 Å². The van der Waals surface area contributed by atoms with E-state index < -0.39 is 11.8 Å². The number of carbonyl (C=O) groups is 2. The number of nitrogens with one attached hydrogen (secondary N) is 2. The number of likely N-dealkylation sites (tertiary alicyclic amines) is 1. The second kappa shape index (κ2) is 10.0. The second-order valence-electron chi connectivity index (χ2n) is 8.55. The van der Waals surface area contributed by atoms with E-state index in [2.05, 4.69) is 42.2 Å². The molecular weight excluding hydrogens is 454 g/mol. The van der Waals surface area contributed by atoms with Crippen molar-refractivity contribution >= 4 is 45.9 Å². The van der Waals surface area contributed by atoms with E-state index in [9.17, 15) is 9.59 Å². The minimum Gasteiger partial charge on any atom is -0.367 e. The van der Waals surface area contributed by atoms with E-state index in [0.717, 1.165) is 63.4 Å². The first kappa shape index (κ1) is 22.1. The van der Waals surface area contributed by atoms with Crippen LogP contribution in [0.3, 0.4) is 0 Å². The van der Waals surface area contributed by atoms with Crippen LogP contribution in [-0.2, 0) is 29.1 Å². The second-order valence-corrected chi connectivity index (χ2v) is 10.3. The van der Waals surface area contributed by atoms with E-state index in [-0.39, 0.29) is 6.04 Å². The predicted octanol–water partition coefficient (Wildman–Crippen LogP) is 3.49. The third kappa shape index (κ3) is 5.43. The molecule has 2 amide bonds. The van der Waals surface area contributed by atoms with Crippen LogP contribution >= 0.6 is 22.7 Å². The molecule has 0 aliphatic carbocycles. The summed E-state index contributed by atoms with van der Waals surface area (Å²) in [6.07, 6.45) is 2.73. The monoisotopic (exact) mass is 481 g/mol. The van der Waals surface area contributed by atoms with Gasteiger partial charge in [-0.25, -0.2) is 4.98 Å². The van der Waals surface area contributed by atoms with Crippen LogP contribution in [0.15, 0.2) is 46.6 Å². The van der Waals surface area contributed by atoms with Crippen molar-refractivity contribution in [2.45, 2.75) is 38.4 Å². The molecule has 1 fully saturated rings. The number of hydrogen-bond donors (Lipinski definition) is 2. The number of fused-ring (bicyclic) bond motifs is 1. The first-order chi connectivity index (χ1) is 16.1. The number of benzene rings is 1. The van der Waals surface area contributed by atoms with Crippen LogP contribution in [0.25, 0.3) is 0 Å². The molecule has 172 valence electrons. The Balaban J connectivity index is 1.08. The van der Waals surface area contributed by atoms with Gasteiger partial charge in [-0.15, -0.1) is 22.7 Å². The van der Waals surface area contributed by atoms with E-state index in [1.807, 2.05) is 41.1 Å². The van der Waals surface area contributed by atoms with Crippen LogP contribution in [-0.4, -0.2) is 47.4 Å². The SMILES string of the molecule is O=C(Nc1ccc(N2CCc3sccc3C2)cc1)C(=O)NC1CCN(Cc2cscn2)CC1. The molecule has 2 aliphatic rings. The summed E-state index contributed by atoms with van der Waals surface area (Å²) in [5.74, 6) is -1.19. The largest absolute Gasteiger partial charge is 0.367 e. The summed E-state index contributed by atoms with van der Waals surface area (Å²) in [6.45, 7) is 4.51. The van der Waals surface area contributed by atoms with E-state index in [1.54, 1.807) is 11.3 Å². The molecule has 3 aromatic rings. The Morgan fingerprint density at radius 3 is 2.64 bits per heavy atom. The molecule has 7 nitrogen and oxygen atoms in total. The zero-order valence-electron chi connectivity index (χ0n) is 18.3. The van der Waals surface area contributed by atoms with Gasteiger partial charge in [-0.1, -0.05) is 0 Å². The highest BCUT2D eigenvalue weighted by Crippen LogP contribution is 2.28. The standard InChI is InChI=1S/C24H27N5O2S2/c30-23(24(31)27-19-5-9-28(10-6-19)14-20-15-32-16-25-20)26-18-1-3-21(4-2-18)29-11-7-22-17(13-29)8-12-33-22/h1-4,8,12,15-16,19H,5-7,9-11,13-14H2,(H,26,30)(H,27,31). The molecule has 9 heteroatoms. The maximum absolute atomic E-state index is 12.4. The number of aromatic nitrogens is 1. The Morgan fingerprint density at radius 1 is 1.06 bits per heavy atom. The van der Waals surface area contributed by atoms with Crippen LogP contribution in [0, 0.1) is 0 Å². The van der Waals surface area contributed by atoms with E-state index in [0.29, 0.717) is 5.69 Å². The molecule has 0 saturated carbocycles. The molecule has 0 atom stereocenters. The fourth-order valence-electron chi connectivity index (χ4n) is 4.44. The van der Waals surface area contributed by atoms with Crippen LogP contribution < -0.4 is 15.5 Å². The van der Waals surface area contributed by atoms with E-state index in [4.69, 9.17) is 0 Å².